The molecule has 3 aromatic rings. The molecule has 7 nitrogen and oxygen atoms in total. The number of fused-ring (bicyclic) bond motifs is 1. The molecule has 178 valence electrons. The third-order valence-electron chi connectivity index (χ3n) is 5.04. The van der Waals surface area contributed by atoms with Crippen LogP contribution in [0.15, 0.2) is 70.0 Å². The number of carbonyl (C=O) groups is 1. The van der Waals surface area contributed by atoms with Crippen LogP contribution >= 0.6 is 39.1 Å². The maximum atomic E-state index is 13.4. The van der Waals surface area contributed by atoms with Crippen LogP contribution in [0.5, 0.6) is 11.5 Å². The van der Waals surface area contributed by atoms with Crippen LogP contribution in [0.1, 0.15) is 11.1 Å². The van der Waals surface area contributed by atoms with Crippen molar-refractivity contribution < 1.29 is 22.7 Å². The van der Waals surface area contributed by atoms with Gasteiger partial charge in [-0.3, -0.25) is 4.79 Å². The zero-order valence-corrected chi connectivity index (χ0v) is 21.5. The first-order valence-corrected chi connectivity index (χ1v) is 13.1. The van der Waals surface area contributed by atoms with E-state index < -0.39 is 15.9 Å². The predicted octanol–water partition coefficient (Wildman–Crippen LogP) is 4.99. The Morgan fingerprint density at radius 1 is 0.941 bits per heavy atom. The van der Waals surface area contributed by atoms with Gasteiger partial charge in [0.25, 0.3) is 0 Å². The Kier molecular flexibility index (Phi) is 7.69. The molecular weight excluding hydrogens is 567 g/mol. The van der Waals surface area contributed by atoms with Crippen molar-refractivity contribution in [1.82, 2.24) is 9.62 Å². The topological polar surface area (TPSA) is 84.9 Å². The maximum Gasteiger partial charge on any atom is 0.243 e. The monoisotopic (exact) mass is 584 g/mol. The highest BCUT2D eigenvalue weighted by Gasteiger charge is 2.27. The lowest BCUT2D eigenvalue weighted by Crippen LogP contribution is -2.40. The molecule has 0 fully saturated rings. The summed E-state index contributed by atoms with van der Waals surface area (Å²) in [6.07, 6.45) is 0. The second-order valence-electron chi connectivity index (χ2n) is 7.44. The van der Waals surface area contributed by atoms with Gasteiger partial charge in [0, 0.05) is 17.6 Å². The molecule has 11 heteroatoms. The van der Waals surface area contributed by atoms with Crippen LogP contribution in [0, 0.1) is 0 Å². The summed E-state index contributed by atoms with van der Waals surface area (Å²) in [6.45, 7) is -0.0902. The first-order chi connectivity index (χ1) is 16.2. The molecule has 1 N–H and O–H groups in total. The second kappa shape index (κ2) is 10.5. The van der Waals surface area contributed by atoms with Gasteiger partial charge in [0.05, 0.1) is 21.5 Å². The number of rotatable bonds is 8. The van der Waals surface area contributed by atoms with Crippen molar-refractivity contribution in [2.45, 2.75) is 18.0 Å². The van der Waals surface area contributed by atoms with Crippen molar-refractivity contribution in [3.8, 4) is 11.5 Å². The van der Waals surface area contributed by atoms with Gasteiger partial charge in [0.2, 0.25) is 22.7 Å². The molecule has 0 atom stereocenters. The Balaban J connectivity index is 1.52. The highest BCUT2D eigenvalue weighted by Crippen LogP contribution is 2.32. The molecule has 0 unspecified atom stereocenters. The molecule has 3 aromatic carbocycles. The fourth-order valence-electron chi connectivity index (χ4n) is 3.29. The van der Waals surface area contributed by atoms with Gasteiger partial charge >= 0.3 is 0 Å². The Morgan fingerprint density at radius 3 is 2.38 bits per heavy atom. The van der Waals surface area contributed by atoms with Gasteiger partial charge in [-0.05, 0) is 59.7 Å². The summed E-state index contributed by atoms with van der Waals surface area (Å²) in [5.41, 5.74) is 1.39. The van der Waals surface area contributed by atoms with Crippen LogP contribution in [0.4, 0.5) is 0 Å². The van der Waals surface area contributed by atoms with Crippen LogP contribution in [-0.2, 0) is 27.9 Å². The normalized spacial score (nSPS) is 12.7. The molecule has 0 spiro atoms. The van der Waals surface area contributed by atoms with E-state index in [0.717, 1.165) is 14.3 Å². The lowest BCUT2D eigenvalue weighted by atomic mass is 10.2. The van der Waals surface area contributed by atoms with Crippen molar-refractivity contribution in [2.75, 3.05) is 13.3 Å². The standard InChI is InChI=1S/C23H19BrCl2N2O5S/c24-17-3-5-18(6-4-17)34(30,31)28(12-16-1-7-19(25)20(26)9-16)13-23(29)27-11-15-2-8-21-22(10-15)33-14-32-21/h1-10H,11-14H2,(H,27,29). The maximum absolute atomic E-state index is 13.4. The first kappa shape index (κ1) is 24.8. The molecular formula is C23H19BrCl2N2O5S. The smallest absolute Gasteiger partial charge is 0.243 e. The molecule has 0 saturated heterocycles. The van der Waals surface area contributed by atoms with Gasteiger partial charge in [-0.15, -0.1) is 0 Å². The first-order valence-electron chi connectivity index (χ1n) is 10.1. The summed E-state index contributed by atoms with van der Waals surface area (Å²) in [6, 6.07) is 16.4. The average molecular weight is 586 g/mol. The molecule has 1 amide bonds. The van der Waals surface area contributed by atoms with Crippen LogP contribution in [0.25, 0.3) is 0 Å². The number of halogens is 3. The summed E-state index contributed by atoms with van der Waals surface area (Å²) >= 11 is 15.4. The molecule has 0 saturated carbocycles. The second-order valence-corrected chi connectivity index (χ2v) is 11.1. The molecule has 0 aromatic heterocycles. The van der Waals surface area contributed by atoms with E-state index in [9.17, 15) is 13.2 Å². The van der Waals surface area contributed by atoms with Crippen molar-refractivity contribution >= 4 is 55.1 Å². The van der Waals surface area contributed by atoms with Crippen molar-refractivity contribution in [3.63, 3.8) is 0 Å². The summed E-state index contributed by atoms with van der Waals surface area (Å²) in [7, 11) is -3.99. The minimum atomic E-state index is -3.99. The summed E-state index contributed by atoms with van der Waals surface area (Å²) in [5, 5.41) is 3.42. The van der Waals surface area contributed by atoms with Gasteiger partial charge < -0.3 is 14.8 Å². The number of nitrogens with zero attached hydrogens (tertiary/aromatic N) is 1. The number of sulfonamides is 1. The van der Waals surface area contributed by atoms with Crippen molar-refractivity contribution in [3.05, 3.63) is 86.3 Å². The number of benzene rings is 3. The van der Waals surface area contributed by atoms with Crippen LogP contribution in [0.2, 0.25) is 10.0 Å². The van der Waals surface area contributed by atoms with E-state index in [4.69, 9.17) is 32.7 Å². The van der Waals surface area contributed by atoms with Gasteiger partial charge in [-0.2, -0.15) is 4.31 Å². The molecule has 0 radical (unpaired) electrons. The zero-order chi connectivity index (χ0) is 24.3. The van der Waals surface area contributed by atoms with Crippen LogP contribution in [-0.4, -0.2) is 32.0 Å². The van der Waals surface area contributed by atoms with E-state index in [1.165, 1.54) is 12.1 Å². The van der Waals surface area contributed by atoms with E-state index in [2.05, 4.69) is 21.2 Å². The van der Waals surface area contributed by atoms with Gasteiger partial charge in [-0.25, -0.2) is 8.42 Å². The van der Waals surface area contributed by atoms with Crippen LogP contribution in [0.3, 0.4) is 0 Å². The minimum Gasteiger partial charge on any atom is -0.454 e. The molecule has 0 aliphatic carbocycles. The number of ether oxygens (including phenoxy) is 2. The fraction of sp³-hybridized carbons (Fsp3) is 0.174. The zero-order valence-electron chi connectivity index (χ0n) is 17.6. The number of nitrogens with one attached hydrogen (secondary N) is 1. The fourth-order valence-corrected chi connectivity index (χ4v) is 5.26. The predicted molar refractivity (Wildman–Crippen MR) is 133 cm³/mol. The van der Waals surface area contributed by atoms with E-state index in [1.807, 2.05) is 0 Å². The van der Waals surface area contributed by atoms with E-state index in [1.54, 1.807) is 48.5 Å². The van der Waals surface area contributed by atoms with Crippen LogP contribution < -0.4 is 14.8 Å². The molecule has 0 bridgehead atoms. The number of carbonyl (C=O) groups excluding carboxylic acids is 1. The van der Waals surface area contributed by atoms with Crippen molar-refractivity contribution in [1.29, 1.82) is 0 Å². The average Bonchev–Trinajstić information content (AvgIpc) is 3.28. The highest BCUT2D eigenvalue weighted by atomic mass is 79.9. The Labute approximate surface area is 215 Å². The lowest BCUT2D eigenvalue weighted by molar-refractivity contribution is -0.121. The van der Waals surface area contributed by atoms with Crippen molar-refractivity contribution in [2.24, 2.45) is 0 Å². The molecule has 1 heterocycles. The Morgan fingerprint density at radius 2 is 1.65 bits per heavy atom. The number of hydrogen-bond acceptors (Lipinski definition) is 5. The summed E-state index contributed by atoms with van der Waals surface area (Å²) in [5.74, 6) is 0.785. The molecule has 1 aliphatic rings. The summed E-state index contributed by atoms with van der Waals surface area (Å²) < 4.78 is 39.2. The highest BCUT2D eigenvalue weighted by molar-refractivity contribution is 9.10. The summed E-state index contributed by atoms with van der Waals surface area (Å²) in [4.78, 5) is 12.8. The third-order valence-corrected chi connectivity index (χ3v) is 8.11. The molecule has 4 rings (SSSR count). The lowest BCUT2D eigenvalue weighted by Gasteiger charge is -2.22. The molecule has 34 heavy (non-hydrogen) atoms. The van der Waals surface area contributed by atoms with E-state index >= 15 is 0 Å². The quantitative estimate of drug-likeness (QED) is 0.402. The number of amides is 1. The molecule has 1 aliphatic heterocycles. The Hall–Kier alpha value is -2.30. The third kappa shape index (κ3) is 5.84. The largest absolute Gasteiger partial charge is 0.454 e. The van der Waals surface area contributed by atoms with E-state index in [-0.39, 0.29) is 31.3 Å². The van der Waals surface area contributed by atoms with Gasteiger partial charge in [0.1, 0.15) is 0 Å². The minimum absolute atomic E-state index is 0.0628. The van der Waals surface area contributed by atoms with Gasteiger partial charge in [-0.1, -0.05) is 51.3 Å². The number of hydrogen-bond donors (Lipinski definition) is 1. The SMILES string of the molecule is O=C(CN(Cc1ccc(Cl)c(Cl)c1)S(=O)(=O)c1ccc(Br)cc1)NCc1ccc2c(c1)OCO2. The van der Waals surface area contributed by atoms with Gasteiger partial charge in [0.15, 0.2) is 11.5 Å². The van der Waals surface area contributed by atoms with E-state index in [0.29, 0.717) is 27.1 Å². The Bertz CT molecular complexity index is 1320.